The third kappa shape index (κ3) is 6.64. The Kier molecular flexibility index (Phi) is 8.10. The Balaban J connectivity index is 1.26. The van der Waals surface area contributed by atoms with Gasteiger partial charge in [0.1, 0.15) is 0 Å². The van der Waals surface area contributed by atoms with E-state index in [0.29, 0.717) is 11.6 Å². The quantitative estimate of drug-likeness (QED) is 0.651. The summed E-state index contributed by atoms with van der Waals surface area (Å²) in [5.41, 5.74) is 3.58. The molecule has 0 unspecified atom stereocenters. The fraction of sp³-hybridized carbons (Fsp3) is 0.519. The van der Waals surface area contributed by atoms with Crippen molar-refractivity contribution in [2.24, 2.45) is 5.92 Å². The number of piperidine rings is 1. The fourth-order valence-electron chi connectivity index (χ4n) is 4.93. The molecule has 1 aliphatic carbocycles. The lowest BCUT2D eigenvalue weighted by Crippen LogP contribution is -2.44. The molecule has 0 atom stereocenters. The number of hydrogen-bond acceptors (Lipinski definition) is 4. The van der Waals surface area contributed by atoms with E-state index in [1.54, 1.807) is 12.4 Å². The molecule has 2 N–H and O–H groups in total. The molecule has 1 aliphatic heterocycles. The van der Waals surface area contributed by atoms with Gasteiger partial charge in [-0.25, -0.2) is 0 Å². The van der Waals surface area contributed by atoms with E-state index in [9.17, 15) is 9.59 Å². The van der Waals surface area contributed by atoms with Gasteiger partial charge in [0.05, 0.1) is 5.56 Å². The monoisotopic (exact) mass is 448 g/mol. The zero-order chi connectivity index (χ0) is 23.0. The molecular weight excluding hydrogens is 412 g/mol. The first-order chi connectivity index (χ1) is 16.1. The maximum Gasteiger partial charge on any atom is 0.257 e. The number of nitrogens with zero attached hydrogens (tertiary/aromatic N) is 2. The van der Waals surface area contributed by atoms with Crippen LogP contribution in [0, 0.1) is 5.92 Å². The van der Waals surface area contributed by atoms with Gasteiger partial charge in [0.25, 0.3) is 5.91 Å². The molecule has 6 heteroatoms. The molecule has 2 aliphatic rings. The molecule has 6 nitrogen and oxygen atoms in total. The third-order valence-corrected chi connectivity index (χ3v) is 6.97. The van der Waals surface area contributed by atoms with Crippen LogP contribution in [-0.4, -0.2) is 40.8 Å². The summed E-state index contributed by atoms with van der Waals surface area (Å²) in [4.78, 5) is 31.9. The van der Waals surface area contributed by atoms with E-state index in [0.717, 1.165) is 63.0 Å². The standard InChI is InChI=1S/C27H36N4O2/c1-2-20-15-23(18-28-17-20)27(33)30-25-10-6-7-21(16-25)19-31-13-11-22(12-14-31)26(32)29-24-8-4-3-5-9-24/h6-7,10,15-18,22,24H,2-5,8-9,11-14,19H2,1H3,(H,29,32)(H,30,33). The highest BCUT2D eigenvalue weighted by atomic mass is 16.2. The van der Waals surface area contributed by atoms with E-state index >= 15 is 0 Å². The predicted molar refractivity (Wildman–Crippen MR) is 131 cm³/mol. The normalized spacial score (nSPS) is 18.1. The average molecular weight is 449 g/mol. The number of carbonyl (C=O) groups is 2. The second-order valence-corrected chi connectivity index (χ2v) is 9.48. The van der Waals surface area contributed by atoms with Gasteiger partial charge < -0.3 is 10.6 Å². The molecule has 2 aromatic rings. The SMILES string of the molecule is CCc1cncc(C(=O)Nc2cccc(CN3CCC(C(=O)NC4CCCCC4)CC3)c2)c1. The minimum absolute atomic E-state index is 0.139. The summed E-state index contributed by atoms with van der Waals surface area (Å²) in [5, 5.41) is 6.29. The number of pyridine rings is 1. The lowest BCUT2D eigenvalue weighted by molar-refractivity contribution is -0.127. The molecule has 1 saturated heterocycles. The number of anilines is 1. The van der Waals surface area contributed by atoms with Gasteiger partial charge in [0.2, 0.25) is 5.91 Å². The Labute approximate surface area is 197 Å². The maximum absolute atomic E-state index is 12.7. The minimum atomic E-state index is -0.139. The molecule has 2 fully saturated rings. The fourth-order valence-corrected chi connectivity index (χ4v) is 4.93. The molecule has 1 aromatic heterocycles. The van der Waals surface area contributed by atoms with Gasteiger partial charge >= 0.3 is 0 Å². The Morgan fingerprint density at radius 2 is 1.79 bits per heavy atom. The van der Waals surface area contributed by atoms with Crippen LogP contribution in [0.2, 0.25) is 0 Å². The number of likely N-dealkylation sites (tertiary alicyclic amines) is 1. The molecule has 1 aromatic carbocycles. The molecule has 33 heavy (non-hydrogen) atoms. The lowest BCUT2D eigenvalue weighted by Gasteiger charge is -2.32. The second-order valence-electron chi connectivity index (χ2n) is 9.48. The van der Waals surface area contributed by atoms with Crippen LogP contribution in [0.4, 0.5) is 5.69 Å². The molecule has 0 spiro atoms. The first-order valence-corrected chi connectivity index (χ1v) is 12.5. The van der Waals surface area contributed by atoms with Crippen molar-refractivity contribution in [1.29, 1.82) is 0 Å². The van der Waals surface area contributed by atoms with Crippen molar-refractivity contribution in [3.8, 4) is 0 Å². The van der Waals surface area contributed by atoms with Crippen LogP contribution in [0.3, 0.4) is 0 Å². The third-order valence-electron chi connectivity index (χ3n) is 6.97. The van der Waals surface area contributed by atoms with Gasteiger partial charge in [-0.2, -0.15) is 0 Å². The number of benzene rings is 1. The number of rotatable bonds is 7. The molecule has 2 heterocycles. The zero-order valence-electron chi connectivity index (χ0n) is 19.7. The minimum Gasteiger partial charge on any atom is -0.353 e. The Bertz CT molecular complexity index is 947. The zero-order valence-corrected chi connectivity index (χ0v) is 19.7. The Morgan fingerprint density at radius 3 is 2.55 bits per heavy atom. The van der Waals surface area contributed by atoms with Crippen LogP contribution in [0.1, 0.15) is 73.4 Å². The molecule has 0 radical (unpaired) electrons. The average Bonchev–Trinajstić information content (AvgIpc) is 2.85. The van der Waals surface area contributed by atoms with E-state index in [4.69, 9.17) is 0 Å². The van der Waals surface area contributed by atoms with Crippen LogP contribution in [0.15, 0.2) is 42.7 Å². The molecule has 1 saturated carbocycles. The van der Waals surface area contributed by atoms with Crippen molar-refractivity contribution >= 4 is 17.5 Å². The lowest BCUT2D eigenvalue weighted by atomic mass is 9.92. The van der Waals surface area contributed by atoms with Crippen molar-refractivity contribution in [2.75, 3.05) is 18.4 Å². The van der Waals surface area contributed by atoms with Gasteiger partial charge in [0.15, 0.2) is 0 Å². The summed E-state index contributed by atoms with van der Waals surface area (Å²) >= 11 is 0. The van der Waals surface area contributed by atoms with E-state index in [-0.39, 0.29) is 17.7 Å². The number of nitrogens with one attached hydrogen (secondary N) is 2. The summed E-state index contributed by atoms with van der Waals surface area (Å²) < 4.78 is 0. The van der Waals surface area contributed by atoms with Gasteiger partial charge in [-0.05, 0) is 74.5 Å². The maximum atomic E-state index is 12.7. The van der Waals surface area contributed by atoms with Gasteiger partial charge in [0, 0.05) is 36.6 Å². The van der Waals surface area contributed by atoms with Crippen molar-refractivity contribution < 1.29 is 9.59 Å². The van der Waals surface area contributed by atoms with E-state index in [2.05, 4.69) is 26.6 Å². The molecule has 2 amide bonds. The van der Waals surface area contributed by atoms with E-state index in [1.165, 1.54) is 24.8 Å². The number of amides is 2. The van der Waals surface area contributed by atoms with Gasteiger partial charge in [-0.1, -0.05) is 38.3 Å². The molecule has 0 bridgehead atoms. The highest BCUT2D eigenvalue weighted by Crippen LogP contribution is 2.23. The van der Waals surface area contributed by atoms with Crippen LogP contribution in [0.5, 0.6) is 0 Å². The van der Waals surface area contributed by atoms with Crippen molar-refractivity contribution in [1.82, 2.24) is 15.2 Å². The largest absolute Gasteiger partial charge is 0.353 e. The Morgan fingerprint density at radius 1 is 1.00 bits per heavy atom. The summed E-state index contributed by atoms with van der Waals surface area (Å²) in [6.45, 7) is 4.73. The summed E-state index contributed by atoms with van der Waals surface area (Å²) in [6.07, 6.45) is 12.1. The van der Waals surface area contributed by atoms with E-state index < -0.39 is 0 Å². The van der Waals surface area contributed by atoms with E-state index in [1.807, 2.05) is 31.2 Å². The van der Waals surface area contributed by atoms with Crippen molar-refractivity contribution in [3.63, 3.8) is 0 Å². The number of hydrogen-bond donors (Lipinski definition) is 2. The smallest absolute Gasteiger partial charge is 0.257 e. The van der Waals surface area contributed by atoms with Crippen molar-refractivity contribution in [2.45, 2.75) is 70.9 Å². The molecule has 176 valence electrons. The van der Waals surface area contributed by atoms with Crippen LogP contribution in [-0.2, 0) is 17.8 Å². The first kappa shape index (κ1) is 23.4. The van der Waals surface area contributed by atoms with Gasteiger partial charge in [-0.15, -0.1) is 0 Å². The summed E-state index contributed by atoms with van der Waals surface area (Å²) in [7, 11) is 0. The Hall–Kier alpha value is -2.73. The van der Waals surface area contributed by atoms with Gasteiger partial charge in [-0.3, -0.25) is 19.5 Å². The van der Waals surface area contributed by atoms with Crippen LogP contribution < -0.4 is 10.6 Å². The highest BCUT2D eigenvalue weighted by molar-refractivity contribution is 6.04. The highest BCUT2D eigenvalue weighted by Gasteiger charge is 2.27. The topological polar surface area (TPSA) is 74.3 Å². The molecular formula is C27H36N4O2. The first-order valence-electron chi connectivity index (χ1n) is 12.5. The second kappa shape index (κ2) is 11.4. The number of carbonyl (C=O) groups excluding carboxylic acids is 2. The predicted octanol–water partition coefficient (Wildman–Crippen LogP) is 4.56. The molecule has 4 rings (SSSR count). The number of aromatic nitrogens is 1. The van der Waals surface area contributed by atoms with Crippen LogP contribution >= 0.6 is 0 Å². The summed E-state index contributed by atoms with van der Waals surface area (Å²) in [5.74, 6) is 0.258. The van der Waals surface area contributed by atoms with Crippen LogP contribution in [0.25, 0.3) is 0 Å². The summed E-state index contributed by atoms with van der Waals surface area (Å²) in [6, 6.07) is 10.3. The van der Waals surface area contributed by atoms with Crippen molar-refractivity contribution in [3.05, 3.63) is 59.4 Å². The number of aryl methyl sites for hydroxylation is 1.